The fourth-order valence-corrected chi connectivity index (χ4v) is 0.802. The van der Waals surface area contributed by atoms with Crippen molar-refractivity contribution >= 4 is 0 Å². The predicted octanol–water partition coefficient (Wildman–Crippen LogP) is 2.26. The summed E-state index contributed by atoms with van der Waals surface area (Å²) < 4.78 is 4.93. The molecule has 0 saturated heterocycles. The summed E-state index contributed by atoms with van der Waals surface area (Å²) >= 11 is 0. The van der Waals surface area contributed by atoms with Crippen LogP contribution in [0, 0.1) is 5.92 Å². The van der Waals surface area contributed by atoms with Crippen molar-refractivity contribution in [3.63, 3.8) is 0 Å². The van der Waals surface area contributed by atoms with Crippen LogP contribution in [0.3, 0.4) is 0 Å². The summed E-state index contributed by atoms with van der Waals surface area (Å²) in [7, 11) is 0. The monoisotopic (exact) mass is 139 g/mol. The molecular formula is C8H13NO. The van der Waals surface area contributed by atoms with E-state index in [0.717, 1.165) is 18.1 Å². The quantitative estimate of drug-likeness (QED) is 0.642. The van der Waals surface area contributed by atoms with Crippen molar-refractivity contribution in [3.05, 3.63) is 18.0 Å². The molecule has 0 aliphatic heterocycles. The lowest BCUT2D eigenvalue weighted by molar-refractivity contribution is 0.373. The highest BCUT2D eigenvalue weighted by atomic mass is 16.5. The maximum absolute atomic E-state index is 4.93. The molecule has 0 unspecified atom stereocenters. The highest BCUT2D eigenvalue weighted by Gasteiger charge is 1.98. The van der Waals surface area contributed by atoms with Crippen LogP contribution in [0.4, 0.5) is 0 Å². The second-order valence-electron chi connectivity index (χ2n) is 2.91. The van der Waals surface area contributed by atoms with Gasteiger partial charge < -0.3 is 4.52 Å². The lowest BCUT2D eigenvalue weighted by Crippen LogP contribution is -1.89. The molecule has 2 heteroatoms. The molecule has 0 aromatic carbocycles. The summed E-state index contributed by atoms with van der Waals surface area (Å²) in [6, 6.07) is 1.92. The summed E-state index contributed by atoms with van der Waals surface area (Å²) in [6.45, 7) is 4.41. The van der Waals surface area contributed by atoms with E-state index in [0.29, 0.717) is 0 Å². The molecule has 1 aromatic rings. The van der Waals surface area contributed by atoms with Crippen LogP contribution < -0.4 is 0 Å². The standard InChI is InChI=1S/C8H13NO/c1-7(2)3-4-8-5-6-9-10-8/h5-7H,3-4H2,1-2H3. The van der Waals surface area contributed by atoms with Crippen molar-refractivity contribution in [2.75, 3.05) is 0 Å². The highest BCUT2D eigenvalue weighted by Crippen LogP contribution is 2.07. The summed E-state index contributed by atoms with van der Waals surface area (Å²) in [4.78, 5) is 0. The summed E-state index contributed by atoms with van der Waals surface area (Å²) in [5.74, 6) is 1.74. The number of aryl methyl sites for hydroxylation is 1. The Morgan fingerprint density at radius 3 is 2.90 bits per heavy atom. The predicted molar refractivity (Wildman–Crippen MR) is 39.7 cm³/mol. The van der Waals surface area contributed by atoms with E-state index in [9.17, 15) is 0 Å². The van der Waals surface area contributed by atoms with Crippen molar-refractivity contribution in [3.8, 4) is 0 Å². The molecule has 2 nitrogen and oxygen atoms in total. The largest absolute Gasteiger partial charge is 0.361 e. The van der Waals surface area contributed by atoms with Gasteiger partial charge in [0, 0.05) is 12.5 Å². The molecule has 0 fully saturated rings. The topological polar surface area (TPSA) is 26.0 Å². The van der Waals surface area contributed by atoms with Gasteiger partial charge in [-0.3, -0.25) is 0 Å². The summed E-state index contributed by atoms with van der Waals surface area (Å²) in [5.41, 5.74) is 0. The Hall–Kier alpha value is -0.790. The first kappa shape index (κ1) is 7.32. The first-order chi connectivity index (χ1) is 4.79. The lowest BCUT2D eigenvalue weighted by Gasteiger charge is -1.99. The number of aromatic nitrogens is 1. The molecule has 0 spiro atoms. The van der Waals surface area contributed by atoms with Crippen LogP contribution in [0.5, 0.6) is 0 Å². The Bertz CT molecular complexity index is 167. The minimum Gasteiger partial charge on any atom is -0.361 e. The number of rotatable bonds is 3. The van der Waals surface area contributed by atoms with Gasteiger partial charge in [0.1, 0.15) is 5.76 Å². The Morgan fingerprint density at radius 2 is 2.40 bits per heavy atom. The van der Waals surface area contributed by atoms with E-state index in [1.165, 1.54) is 6.42 Å². The van der Waals surface area contributed by atoms with Gasteiger partial charge in [-0.25, -0.2) is 0 Å². The van der Waals surface area contributed by atoms with Gasteiger partial charge in [0.2, 0.25) is 0 Å². The fraction of sp³-hybridized carbons (Fsp3) is 0.625. The van der Waals surface area contributed by atoms with E-state index in [4.69, 9.17) is 4.52 Å². The molecule has 10 heavy (non-hydrogen) atoms. The SMILES string of the molecule is CC(C)CCc1ccno1. The molecular weight excluding hydrogens is 126 g/mol. The Kier molecular flexibility index (Phi) is 2.49. The van der Waals surface area contributed by atoms with Gasteiger partial charge in [-0.2, -0.15) is 0 Å². The van der Waals surface area contributed by atoms with Gasteiger partial charge in [0.05, 0.1) is 6.20 Å². The van der Waals surface area contributed by atoms with Crippen molar-refractivity contribution in [2.24, 2.45) is 5.92 Å². The molecule has 1 rings (SSSR count). The zero-order chi connectivity index (χ0) is 7.40. The number of hydrogen-bond donors (Lipinski definition) is 0. The van der Waals surface area contributed by atoms with Gasteiger partial charge in [0.25, 0.3) is 0 Å². The van der Waals surface area contributed by atoms with Crippen molar-refractivity contribution in [1.29, 1.82) is 0 Å². The molecule has 56 valence electrons. The maximum Gasteiger partial charge on any atom is 0.136 e. The molecule has 0 radical (unpaired) electrons. The van der Waals surface area contributed by atoms with Crippen LogP contribution in [0.2, 0.25) is 0 Å². The zero-order valence-corrected chi connectivity index (χ0v) is 6.50. The normalized spacial score (nSPS) is 10.7. The van der Waals surface area contributed by atoms with Crippen molar-refractivity contribution < 1.29 is 4.52 Å². The van der Waals surface area contributed by atoms with E-state index in [2.05, 4.69) is 19.0 Å². The average Bonchev–Trinajstić information content (AvgIpc) is 2.34. The van der Waals surface area contributed by atoms with Crippen LogP contribution in [0.25, 0.3) is 0 Å². The Morgan fingerprint density at radius 1 is 1.60 bits per heavy atom. The van der Waals surface area contributed by atoms with E-state index < -0.39 is 0 Å². The van der Waals surface area contributed by atoms with Gasteiger partial charge in [-0.15, -0.1) is 0 Å². The molecule has 1 aromatic heterocycles. The molecule has 0 aliphatic rings. The third-order valence-electron chi connectivity index (χ3n) is 1.46. The smallest absolute Gasteiger partial charge is 0.136 e. The first-order valence-electron chi connectivity index (χ1n) is 3.68. The van der Waals surface area contributed by atoms with Gasteiger partial charge >= 0.3 is 0 Å². The highest BCUT2D eigenvalue weighted by molar-refractivity contribution is 4.92. The molecule has 0 aliphatic carbocycles. The molecule has 1 heterocycles. The zero-order valence-electron chi connectivity index (χ0n) is 6.50. The minimum absolute atomic E-state index is 0.741. The van der Waals surface area contributed by atoms with Crippen molar-refractivity contribution in [1.82, 2.24) is 5.16 Å². The van der Waals surface area contributed by atoms with Crippen LogP contribution in [-0.2, 0) is 6.42 Å². The number of nitrogens with zero attached hydrogens (tertiary/aromatic N) is 1. The molecule has 0 atom stereocenters. The Labute approximate surface area is 61.2 Å². The van der Waals surface area contributed by atoms with Crippen LogP contribution in [0.1, 0.15) is 26.0 Å². The Balaban J connectivity index is 2.28. The number of hydrogen-bond acceptors (Lipinski definition) is 2. The fourth-order valence-electron chi connectivity index (χ4n) is 0.802. The van der Waals surface area contributed by atoms with Gasteiger partial charge in [-0.1, -0.05) is 19.0 Å². The van der Waals surface area contributed by atoms with Gasteiger partial charge in [-0.05, 0) is 12.3 Å². The summed E-state index contributed by atoms with van der Waals surface area (Å²) in [5, 5.41) is 3.63. The second-order valence-corrected chi connectivity index (χ2v) is 2.91. The maximum atomic E-state index is 4.93. The van der Waals surface area contributed by atoms with E-state index in [1.54, 1.807) is 6.20 Å². The third-order valence-corrected chi connectivity index (χ3v) is 1.46. The molecule has 0 amide bonds. The van der Waals surface area contributed by atoms with Crippen molar-refractivity contribution in [2.45, 2.75) is 26.7 Å². The van der Waals surface area contributed by atoms with Gasteiger partial charge in [0.15, 0.2) is 0 Å². The van der Waals surface area contributed by atoms with E-state index >= 15 is 0 Å². The van der Waals surface area contributed by atoms with Crippen LogP contribution in [0.15, 0.2) is 16.8 Å². The van der Waals surface area contributed by atoms with E-state index in [-0.39, 0.29) is 0 Å². The summed E-state index contributed by atoms with van der Waals surface area (Å²) in [6.07, 6.45) is 3.88. The average molecular weight is 139 g/mol. The van der Waals surface area contributed by atoms with E-state index in [1.807, 2.05) is 6.07 Å². The lowest BCUT2D eigenvalue weighted by atomic mass is 10.1. The first-order valence-corrected chi connectivity index (χ1v) is 3.68. The molecule has 0 saturated carbocycles. The second kappa shape index (κ2) is 3.40. The minimum atomic E-state index is 0.741. The van der Waals surface area contributed by atoms with Crippen LogP contribution >= 0.6 is 0 Å². The third kappa shape index (κ3) is 2.21. The molecule has 0 bridgehead atoms. The van der Waals surface area contributed by atoms with Crippen LogP contribution in [-0.4, -0.2) is 5.16 Å². The molecule has 0 N–H and O–H groups in total.